The van der Waals surface area contributed by atoms with E-state index in [9.17, 15) is 18.4 Å². The van der Waals surface area contributed by atoms with Crippen LogP contribution < -0.4 is 15.6 Å². The maximum Gasteiger partial charge on any atom is 0.266 e. The van der Waals surface area contributed by atoms with Gasteiger partial charge in [-0.15, -0.1) is 0 Å². The van der Waals surface area contributed by atoms with Crippen molar-refractivity contribution in [2.24, 2.45) is 0 Å². The third kappa shape index (κ3) is 5.52. The lowest BCUT2D eigenvalue weighted by molar-refractivity contribution is -0.113. The minimum absolute atomic E-state index is 0.134. The first-order valence-electron chi connectivity index (χ1n) is 11.2. The Morgan fingerprint density at radius 3 is 2.35 bits per heavy atom. The van der Waals surface area contributed by atoms with Gasteiger partial charge in [-0.2, -0.15) is 0 Å². The van der Waals surface area contributed by atoms with Gasteiger partial charge in [0.15, 0.2) is 5.16 Å². The van der Waals surface area contributed by atoms with Crippen molar-refractivity contribution in [1.29, 1.82) is 0 Å². The van der Waals surface area contributed by atoms with E-state index in [-0.39, 0.29) is 22.2 Å². The number of aromatic nitrogens is 2. The van der Waals surface area contributed by atoms with E-state index in [4.69, 9.17) is 4.74 Å². The topological polar surface area (TPSA) is 73.2 Å². The van der Waals surface area contributed by atoms with Gasteiger partial charge >= 0.3 is 0 Å². The summed E-state index contributed by atoms with van der Waals surface area (Å²) in [6.45, 7) is 0. The lowest BCUT2D eigenvalue weighted by atomic mass is 10.2. The molecular weight excluding hydrogens is 496 g/mol. The van der Waals surface area contributed by atoms with Crippen molar-refractivity contribution in [2.75, 3.05) is 11.1 Å². The number of ether oxygens (including phenoxy) is 1. The standard InChI is InChI=1S/C28H19F2N3O3S/c29-18-10-15-25(23(30)16-18)31-26(34)17-37-28-32-24-9-5-4-8-22(24)27(35)33(28)19-11-13-21(14-12-19)36-20-6-2-1-3-7-20/h1-16H,17H2,(H,31,34). The SMILES string of the molecule is O=C(CSc1nc2ccccc2c(=O)n1-c1ccc(Oc2ccccc2)cc1)Nc1ccc(F)cc1F. The predicted octanol–water partition coefficient (Wildman–Crippen LogP) is 6.19. The highest BCUT2D eigenvalue weighted by atomic mass is 32.2. The Balaban J connectivity index is 1.43. The van der Waals surface area contributed by atoms with Crippen LogP contribution in [0.3, 0.4) is 0 Å². The van der Waals surface area contributed by atoms with E-state index in [1.54, 1.807) is 48.5 Å². The summed E-state index contributed by atoms with van der Waals surface area (Å²) in [5, 5.41) is 3.13. The second-order valence-corrected chi connectivity index (χ2v) is 8.86. The molecule has 0 radical (unpaired) electrons. The van der Waals surface area contributed by atoms with E-state index in [0.717, 1.165) is 23.9 Å². The predicted molar refractivity (Wildman–Crippen MR) is 140 cm³/mol. The quantitative estimate of drug-likeness (QED) is 0.207. The van der Waals surface area contributed by atoms with Crippen LogP contribution in [0.15, 0.2) is 107 Å². The minimum atomic E-state index is -0.878. The van der Waals surface area contributed by atoms with Crippen LogP contribution in [0.2, 0.25) is 0 Å². The van der Waals surface area contributed by atoms with Crippen molar-refractivity contribution in [3.05, 3.63) is 119 Å². The molecule has 184 valence electrons. The number of fused-ring (bicyclic) bond motifs is 1. The summed E-state index contributed by atoms with van der Waals surface area (Å²) in [5.41, 5.74) is 0.594. The van der Waals surface area contributed by atoms with Gasteiger partial charge in [0.1, 0.15) is 23.1 Å². The van der Waals surface area contributed by atoms with Gasteiger partial charge in [0, 0.05) is 6.07 Å². The summed E-state index contributed by atoms with van der Waals surface area (Å²) in [4.78, 5) is 30.5. The number of amides is 1. The summed E-state index contributed by atoms with van der Waals surface area (Å²) in [7, 11) is 0. The van der Waals surface area contributed by atoms with Crippen LogP contribution >= 0.6 is 11.8 Å². The molecule has 0 saturated carbocycles. The number of carbonyl (C=O) groups is 1. The molecule has 0 saturated heterocycles. The number of halogens is 2. The van der Waals surface area contributed by atoms with Crippen LogP contribution in [-0.4, -0.2) is 21.2 Å². The van der Waals surface area contributed by atoms with E-state index in [2.05, 4.69) is 10.3 Å². The maximum atomic E-state index is 13.9. The second kappa shape index (κ2) is 10.6. The Morgan fingerprint density at radius 1 is 0.892 bits per heavy atom. The monoisotopic (exact) mass is 515 g/mol. The van der Waals surface area contributed by atoms with Crippen LogP contribution in [-0.2, 0) is 4.79 Å². The van der Waals surface area contributed by atoms with Crippen molar-refractivity contribution in [1.82, 2.24) is 9.55 Å². The number of hydrogen-bond donors (Lipinski definition) is 1. The van der Waals surface area contributed by atoms with Gasteiger partial charge in [0.2, 0.25) is 5.91 Å². The number of carbonyl (C=O) groups excluding carboxylic acids is 1. The molecule has 5 rings (SSSR count). The number of nitrogens with zero attached hydrogens (tertiary/aromatic N) is 2. The smallest absolute Gasteiger partial charge is 0.266 e. The van der Waals surface area contributed by atoms with E-state index in [0.29, 0.717) is 34.2 Å². The number of benzene rings is 4. The highest BCUT2D eigenvalue weighted by Crippen LogP contribution is 2.25. The van der Waals surface area contributed by atoms with Crippen molar-refractivity contribution >= 4 is 34.3 Å². The first-order valence-corrected chi connectivity index (χ1v) is 12.2. The highest BCUT2D eigenvalue weighted by Gasteiger charge is 2.16. The molecule has 0 aliphatic heterocycles. The summed E-state index contributed by atoms with van der Waals surface area (Å²) < 4.78 is 34.3. The molecule has 0 fully saturated rings. The minimum Gasteiger partial charge on any atom is -0.457 e. The van der Waals surface area contributed by atoms with Crippen molar-refractivity contribution < 1.29 is 18.3 Å². The zero-order valence-electron chi connectivity index (χ0n) is 19.2. The molecule has 0 aliphatic rings. The summed E-state index contributed by atoms with van der Waals surface area (Å²) in [6, 6.07) is 26.1. The van der Waals surface area contributed by atoms with Crippen molar-refractivity contribution in [3.63, 3.8) is 0 Å². The molecule has 0 bridgehead atoms. The van der Waals surface area contributed by atoms with Crippen molar-refractivity contribution in [3.8, 4) is 17.2 Å². The molecule has 4 aromatic carbocycles. The van der Waals surface area contributed by atoms with Gasteiger partial charge in [-0.25, -0.2) is 13.8 Å². The fourth-order valence-corrected chi connectivity index (χ4v) is 4.44. The number of thioether (sulfide) groups is 1. The normalized spacial score (nSPS) is 10.9. The number of para-hydroxylation sites is 2. The van der Waals surface area contributed by atoms with Gasteiger partial charge in [0.25, 0.3) is 5.56 Å². The third-order valence-corrected chi connectivity index (χ3v) is 6.29. The molecule has 0 atom stereocenters. The van der Waals surface area contributed by atoms with Gasteiger partial charge < -0.3 is 10.1 Å². The Kier molecular flexibility index (Phi) is 6.96. The fourth-order valence-electron chi connectivity index (χ4n) is 3.63. The zero-order chi connectivity index (χ0) is 25.8. The van der Waals surface area contributed by atoms with Crippen LogP contribution in [0.5, 0.6) is 11.5 Å². The van der Waals surface area contributed by atoms with Crippen LogP contribution in [0.4, 0.5) is 14.5 Å². The van der Waals surface area contributed by atoms with Gasteiger partial charge in [0.05, 0.1) is 28.0 Å². The van der Waals surface area contributed by atoms with Crippen LogP contribution in [0, 0.1) is 11.6 Å². The molecule has 1 N–H and O–H groups in total. The summed E-state index contributed by atoms with van der Waals surface area (Å²) in [5.74, 6) is -1.04. The number of rotatable bonds is 7. The van der Waals surface area contributed by atoms with Crippen LogP contribution in [0.25, 0.3) is 16.6 Å². The maximum absolute atomic E-state index is 13.9. The van der Waals surface area contributed by atoms with Gasteiger partial charge in [-0.1, -0.05) is 42.1 Å². The Bertz CT molecular complexity index is 1640. The average Bonchev–Trinajstić information content (AvgIpc) is 2.90. The van der Waals surface area contributed by atoms with E-state index < -0.39 is 17.5 Å². The lowest BCUT2D eigenvalue weighted by Gasteiger charge is -2.14. The number of hydrogen-bond acceptors (Lipinski definition) is 5. The van der Waals surface area contributed by atoms with E-state index in [1.165, 1.54) is 4.57 Å². The van der Waals surface area contributed by atoms with Gasteiger partial charge in [-0.3, -0.25) is 14.2 Å². The third-order valence-electron chi connectivity index (χ3n) is 5.36. The van der Waals surface area contributed by atoms with E-state index >= 15 is 0 Å². The number of nitrogens with one attached hydrogen (secondary N) is 1. The molecule has 0 aliphatic carbocycles. The molecular formula is C28H19F2N3O3S. The van der Waals surface area contributed by atoms with Crippen molar-refractivity contribution in [2.45, 2.75) is 5.16 Å². The Morgan fingerprint density at radius 2 is 1.59 bits per heavy atom. The second-order valence-electron chi connectivity index (χ2n) is 7.92. The molecule has 0 unspecified atom stereocenters. The molecule has 1 heterocycles. The van der Waals surface area contributed by atoms with E-state index in [1.807, 2.05) is 30.3 Å². The zero-order valence-corrected chi connectivity index (χ0v) is 20.0. The fraction of sp³-hybridized carbons (Fsp3) is 0.0357. The lowest BCUT2D eigenvalue weighted by Crippen LogP contribution is -2.23. The molecule has 0 spiro atoms. The average molecular weight is 516 g/mol. The molecule has 1 amide bonds. The first kappa shape index (κ1) is 24.2. The largest absolute Gasteiger partial charge is 0.457 e. The van der Waals surface area contributed by atoms with Gasteiger partial charge in [-0.05, 0) is 60.7 Å². The molecule has 5 aromatic rings. The molecule has 37 heavy (non-hydrogen) atoms. The molecule has 1 aromatic heterocycles. The highest BCUT2D eigenvalue weighted by molar-refractivity contribution is 7.99. The Labute approximate surface area is 214 Å². The summed E-state index contributed by atoms with van der Waals surface area (Å²) >= 11 is 1.03. The Hall–Kier alpha value is -4.50. The summed E-state index contributed by atoms with van der Waals surface area (Å²) in [6.07, 6.45) is 0. The number of anilines is 1. The first-order chi connectivity index (χ1) is 18.0. The van der Waals surface area contributed by atoms with Crippen LogP contribution in [0.1, 0.15) is 0 Å². The molecule has 6 nitrogen and oxygen atoms in total. The molecule has 9 heteroatoms.